The molecule has 0 saturated carbocycles. The first-order valence-corrected chi connectivity index (χ1v) is 6.88. The Hall–Kier alpha value is -1.36. The Morgan fingerprint density at radius 3 is 2.74 bits per heavy atom. The smallest absolute Gasteiger partial charge is 0.243 e. The third kappa shape index (κ3) is 5.03. The maximum absolute atomic E-state index is 12.2. The molecule has 1 heterocycles. The first-order chi connectivity index (χ1) is 8.85. The highest BCUT2D eigenvalue weighted by Gasteiger charge is 2.21. The maximum atomic E-state index is 12.2. The van der Waals surface area contributed by atoms with E-state index in [0.29, 0.717) is 0 Å². The van der Waals surface area contributed by atoms with E-state index in [1.807, 2.05) is 38.5 Å². The van der Waals surface area contributed by atoms with Crippen molar-refractivity contribution in [3.8, 4) is 0 Å². The summed E-state index contributed by atoms with van der Waals surface area (Å²) >= 11 is 0. The van der Waals surface area contributed by atoms with Gasteiger partial charge in [-0.05, 0) is 40.7 Å². The fraction of sp³-hybridized carbons (Fsp3) is 0.714. The topological polar surface area (TPSA) is 59.0 Å². The summed E-state index contributed by atoms with van der Waals surface area (Å²) in [6.07, 6.45) is 4.62. The number of aromatic nitrogens is 2. The number of hydrogen-bond acceptors (Lipinski definition) is 3. The average molecular weight is 266 g/mol. The van der Waals surface area contributed by atoms with Gasteiger partial charge in [-0.3, -0.25) is 4.79 Å². The lowest BCUT2D eigenvalue weighted by Crippen LogP contribution is -2.44. The number of amides is 1. The van der Waals surface area contributed by atoms with Crippen LogP contribution in [0.25, 0.3) is 0 Å². The molecule has 0 spiro atoms. The van der Waals surface area contributed by atoms with Gasteiger partial charge < -0.3 is 15.2 Å². The van der Waals surface area contributed by atoms with Crippen molar-refractivity contribution in [1.82, 2.24) is 20.2 Å². The summed E-state index contributed by atoms with van der Waals surface area (Å²) in [6, 6.07) is -0.250. The van der Waals surface area contributed by atoms with Gasteiger partial charge in [0.15, 0.2) is 0 Å². The quantitative estimate of drug-likeness (QED) is 0.773. The van der Waals surface area contributed by atoms with Crippen molar-refractivity contribution in [1.29, 1.82) is 0 Å². The molecule has 1 unspecified atom stereocenters. The van der Waals surface area contributed by atoms with Gasteiger partial charge in [0.25, 0.3) is 0 Å². The number of hydrogen-bond donors (Lipinski definition) is 2. The van der Waals surface area contributed by atoms with E-state index in [4.69, 9.17) is 0 Å². The number of carbonyl (C=O) groups is 1. The van der Waals surface area contributed by atoms with Crippen molar-refractivity contribution < 1.29 is 4.79 Å². The summed E-state index contributed by atoms with van der Waals surface area (Å²) in [5, 5.41) is 6.32. The number of nitrogens with one attached hydrogen (secondary N) is 2. The first kappa shape index (κ1) is 15.7. The minimum atomic E-state index is -0.250. The van der Waals surface area contributed by atoms with Crippen LogP contribution in [0.1, 0.15) is 52.8 Å². The molecule has 1 amide bonds. The number of imidazole rings is 1. The molecule has 2 N–H and O–H groups in total. The van der Waals surface area contributed by atoms with E-state index in [9.17, 15) is 4.79 Å². The second kappa shape index (κ2) is 6.70. The summed E-state index contributed by atoms with van der Waals surface area (Å²) < 4.78 is 1.92. The van der Waals surface area contributed by atoms with Crippen LogP contribution in [0.4, 0.5) is 0 Å². The van der Waals surface area contributed by atoms with Gasteiger partial charge in [0.05, 0.1) is 12.0 Å². The van der Waals surface area contributed by atoms with Gasteiger partial charge in [0, 0.05) is 18.3 Å². The summed E-state index contributed by atoms with van der Waals surface area (Å²) in [6.45, 7) is 11.7. The second-order valence-electron chi connectivity index (χ2n) is 5.88. The summed E-state index contributed by atoms with van der Waals surface area (Å²) in [5.41, 5.74) is 0.817. The normalized spacial score (nSPS) is 13.3. The molecule has 1 aromatic rings. The van der Waals surface area contributed by atoms with Gasteiger partial charge in [0.2, 0.25) is 5.91 Å². The molecule has 0 aromatic carbocycles. The van der Waals surface area contributed by atoms with Gasteiger partial charge in [-0.25, -0.2) is 4.98 Å². The zero-order valence-corrected chi connectivity index (χ0v) is 12.7. The standard InChI is InChI=1S/C14H26N4O/c1-6-7-15-8-12-9-16-10-18(12)11(2)13(19)17-14(3,4)5/h9-11,15H,6-8H2,1-5H3,(H,17,19). The van der Waals surface area contributed by atoms with Gasteiger partial charge in [-0.15, -0.1) is 0 Å². The lowest BCUT2D eigenvalue weighted by molar-refractivity contribution is -0.125. The van der Waals surface area contributed by atoms with Crippen LogP contribution in [0.3, 0.4) is 0 Å². The lowest BCUT2D eigenvalue weighted by Gasteiger charge is -2.24. The SMILES string of the molecule is CCCNCc1cncn1C(C)C(=O)NC(C)(C)C. The Balaban J connectivity index is 2.68. The molecule has 0 saturated heterocycles. The molecule has 19 heavy (non-hydrogen) atoms. The monoisotopic (exact) mass is 266 g/mol. The van der Waals surface area contributed by atoms with Gasteiger partial charge in [-0.2, -0.15) is 0 Å². The molecule has 1 atom stereocenters. The number of carbonyl (C=O) groups excluding carboxylic acids is 1. The Morgan fingerprint density at radius 1 is 1.47 bits per heavy atom. The second-order valence-corrected chi connectivity index (χ2v) is 5.88. The van der Waals surface area contributed by atoms with Crippen molar-refractivity contribution in [3.63, 3.8) is 0 Å². The van der Waals surface area contributed by atoms with E-state index >= 15 is 0 Å². The Morgan fingerprint density at radius 2 is 2.16 bits per heavy atom. The molecule has 0 aliphatic rings. The minimum Gasteiger partial charge on any atom is -0.350 e. The van der Waals surface area contributed by atoms with Crippen LogP contribution >= 0.6 is 0 Å². The molecule has 0 radical (unpaired) electrons. The Bertz CT molecular complexity index is 406. The average Bonchev–Trinajstić information content (AvgIpc) is 2.74. The van der Waals surface area contributed by atoms with Crippen molar-refractivity contribution in [2.75, 3.05) is 6.54 Å². The summed E-state index contributed by atoms with van der Waals surface area (Å²) in [4.78, 5) is 16.3. The van der Waals surface area contributed by atoms with Crippen LogP contribution in [0.2, 0.25) is 0 Å². The van der Waals surface area contributed by atoms with Crippen molar-refractivity contribution in [3.05, 3.63) is 18.2 Å². The van der Waals surface area contributed by atoms with E-state index < -0.39 is 0 Å². The number of nitrogens with zero attached hydrogens (tertiary/aromatic N) is 2. The van der Waals surface area contributed by atoms with E-state index in [1.54, 1.807) is 6.33 Å². The third-order valence-electron chi connectivity index (χ3n) is 2.77. The van der Waals surface area contributed by atoms with Crippen LogP contribution in [0, 0.1) is 0 Å². The first-order valence-electron chi connectivity index (χ1n) is 6.88. The van der Waals surface area contributed by atoms with E-state index in [-0.39, 0.29) is 17.5 Å². The molecule has 1 aromatic heterocycles. The predicted octanol–water partition coefficient (Wildman–Crippen LogP) is 1.86. The van der Waals surface area contributed by atoms with Gasteiger partial charge in [0.1, 0.15) is 6.04 Å². The molecular weight excluding hydrogens is 240 g/mol. The molecule has 5 nitrogen and oxygen atoms in total. The highest BCUT2D eigenvalue weighted by atomic mass is 16.2. The fourth-order valence-corrected chi connectivity index (χ4v) is 1.81. The van der Waals surface area contributed by atoms with Crippen molar-refractivity contribution in [2.45, 2.75) is 59.2 Å². The third-order valence-corrected chi connectivity index (χ3v) is 2.77. The predicted molar refractivity (Wildman–Crippen MR) is 76.8 cm³/mol. The number of rotatable bonds is 6. The van der Waals surface area contributed by atoms with Crippen LogP contribution < -0.4 is 10.6 Å². The van der Waals surface area contributed by atoms with E-state index in [2.05, 4.69) is 22.5 Å². The Labute approximate surface area is 115 Å². The molecule has 0 aliphatic carbocycles. The maximum Gasteiger partial charge on any atom is 0.243 e. The summed E-state index contributed by atoms with van der Waals surface area (Å²) in [5.74, 6) is 0.0160. The molecule has 108 valence electrons. The lowest BCUT2D eigenvalue weighted by atomic mass is 10.1. The van der Waals surface area contributed by atoms with Crippen LogP contribution in [-0.4, -0.2) is 27.5 Å². The van der Waals surface area contributed by atoms with Crippen molar-refractivity contribution >= 4 is 5.91 Å². The molecule has 5 heteroatoms. The molecule has 1 rings (SSSR count). The van der Waals surface area contributed by atoms with Crippen LogP contribution in [-0.2, 0) is 11.3 Å². The minimum absolute atomic E-state index is 0.0160. The molecule has 0 fully saturated rings. The molecule has 0 bridgehead atoms. The zero-order chi connectivity index (χ0) is 14.5. The largest absolute Gasteiger partial charge is 0.350 e. The van der Waals surface area contributed by atoms with E-state index in [1.165, 1.54) is 0 Å². The highest BCUT2D eigenvalue weighted by molar-refractivity contribution is 5.80. The van der Waals surface area contributed by atoms with E-state index in [0.717, 1.165) is 25.2 Å². The van der Waals surface area contributed by atoms with Gasteiger partial charge >= 0.3 is 0 Å². The Kier molecular flexibility index (Phi) is 5.54. The fourth-order valence-electron chi connectivity index (χ4n) is 1.81. The summed E-state index contributed by atoms with van der Waals surface area (Å²) in [7, 11) is 0. The van der Waals surface area contributed by atoms with Crippen LogP contribution in [0.5, 0.6) is 0 Å². The molecule has 0 aliphatic heterocycles. The van der Waals surface area contributed by atoms with Gasteiger partial charge in [-0.1, -0.05) is 6.92 Å². The molecular formula is C14H26N4O. The highest BCUT2D eigenvalue weighted by Crippen LogP contribution is 2.12. The van der Waals surface area contributed by atoms with Crippen molar-refractivity contribution in [2.24, 2.45) is 0 Å². The zero-order valence-electron chi connectivity index (χ0n) is 12.7. The van der Waals surface area contributed by atoms with Crippen LogP contribution in [0.15, 0.2) is 12.5 Å².